The average molecular weight is 395 g/mol. The van der Waals surface area contributed by atoms with E-state index in [0.717, 1.165) is 11.3 Å². The van der Waals surface area contributed by atoms with Crippen molar-refractivity contribution < 1.29 is 18.1 Å². The number of piperazine rings is 1. The number of aryl methyl sites for hydroxylation is 1. The second-order valence-corrected chi connectivity index (χ2v) is 9.01. The number of sulfonamides is 1. The highest BCUT2D eigenvalue weighted by molar-refractivity contribution is 7.89. The van der Waals surface area contributed by atoms with Crippen molar-refractivity contribution in [2.75, 3.05) is 26.2 Å². The predicted octanol–water partition coefficient (Wildman–Crippen LogP) is 2.11. The molecule has 0 saturated carbocycles. The van der Waals surface area contributed by atoms with Crippen LogP contribution >= 0.6 is 11.3 Å². The van der Waals surface area contributed by atoms with Crippen molar-refractivity contribution in [2.45, 2.75) is 11.8 Å². The molecule has 0 bridgehead atoms. The van der Waals surface area contributed by atoms with Gasteiger partial charge in [-0.15, -0.1) is 11.3 Å². The fraction of sp³-hybridized carbons (Fsp3) is 0.312. The third kappa shape index (κ3) is 3.48. The number of hydrogen-bond donors (Lipinski definition) is 0. The standard InChI is InChI=1S/C16H17N3O5S2/c1-12-14(19(21)22)11-15(25-12)16(20)17-7-9-18(10-8-17)26(23,24)13-5-3-2-4-6-13/h2-6,11H,7-10H2,1H3. The van der Waals surface area contributed by atoms with Crippen LogP contribution in [0, 0.1) is 17.0 Å². The Hall–Kier alpha value is -2.30. The fourth-order valence-corrected chi connectivity index (χ4v) is 5.19. The molecular weight excluding hydrogens is 378 g/mol. The zero-order valence-electron chi connectivity index (χ0n) is 14.0. The number of hydrogen-bond acceptors (Lipinski definition) is 6. The van der Waals surface area contributed by atoms with Crippen molar-refractivity contribution in [3.05, 3.63) is 56.3 Å². The molecule has 1 amide bonds. The Labute approximate surface area is 154 Å². The van der Waals surface area contributed by atoms with Crippen LogP contribution in [0.15, 0.2) is 41.3 Å². The van der Waals surface area contributed by atoms with E-state index in [2.05, 4.69) is 0 Å². The number of nitrogens with zero attached hydrogens (tertiary/aromatic N) is 3. The molecule has 1 aromatic heterocycles. The zero-order chi connectivity index (χ0) is 18.9. The SMILES string of the molecule is Cc1sc(C(=O)N2CCN(S(=O)(=O)c3ccccc3)CC2)cc1[N+](=O)[O-]. The Bertz CT molecular complexity index is 932. The van der Waals surface area contributed by atoms with Gasteiger partial charge < -0.3 is 4.90 Å². The molecule has 2 aromatic rings. The topological polar surface area (TPSA) is 101 Å². The van der Waals surface area contributed by atoms with Gasteiger partial charge in [-0.05, 0) is 19.1 Å². The van der Waals surface area contributed by atoms with E-state index in [9.17, 15) is 23.3 Å². The van der Waals surface area contributed by atoms with Crippen LogP contribution in [0.3, 0.4) is 0 Å². The summed E-state index contributed by atoms with van der Waals surface area (Å²) in [6, 6.07) is 9.45. The third-order valence-corrected chi connectivity index (χ3v) is 7.15. The van der Waals surface area contributed by atoms with Crippen LogP contribution in [-0.2, 0) is 10.0 Å². The van der Waals surface area contributed by atoms with Crippen molar-refractivity contribution in [3.8, 4) is 0 Å². The number of carbonyl (C=O) groups is 1. The highest BCUT2D eigenvalue weighted by Crippen LogP contribution is 2.29. The molecule has 138 valence electrons. The van der Waals surface area contributed by atoms with E-state index in [-0.39, 0.29) is 42.7 Å². The predicted molar refractivity (Wildman–Crippen MR) is 96.8 cm³/mol. The van der Waals surface area contributed by atoms with E-state index in [1.54, 1.807) is 37.3 Å². The summed E-state index contributed by atoms with van der Waals surface area (Å²) in [5.74, 6) is -0.303. The van der Waals surface area contributed by atoms with Gasteiger partial charge in [-0.25, -0.2) is 8.42 Å². The normalized spacial score (nSPS) is 15.8. The fourth-order valence-electron chi connectivity index (χ4n) is 2.79. The van der Waals surface area contributed by atoms with Gasteiger partial charge in [0.2, 0.25) is 10.0 Å². The first-order valence-electron chi connectivity index (χ1n) is 7.90. The minimum atomic E-state index is -3.58. The molecule has 1 aliphatic rings. The summed E-state index contributed by atoms with van der Waals surface area (Å²) in [5.41, 5.74) is -0.0661. The summed E-state index contributed by atoms with van der Waals surface area (Å²) >= 11 is 1.08. The summed E-state index contributed by atoms with van der Waals surface area (Å²) in [6.45, 7) is 2.47. The molecule has 0 N–H and O–H groups in total. The number of carbonyl (C=O) groups excluding carboxylic acids is 1. The number of thiophene rings is 1. The quantitative estimate of drug-likeness (QED) is 0.583. The largest absolute Gasteiger partial charge is 0.335 e. The lowest BCUT2D eigenvalue weighted by atomic mass is 10.3. The summed E-state index contributed by atoms with van der Waals surface area (Å²) in [5, 5.41) is 10.9. The van der Waals surface area contributed by atoms with Gasteiger partial charge in [0.05, 0.1) is 19.6 Å². The van der Waals surface area contributed by atoms with Gasteiger partial charge in [0, 0.05) is 32.2 Å². The molecule has 2 heterocycles. The lowest BCUT2D eigenvalue weighted by Gasteiger charge is -2.33. The van der Waals surface area contributed by atoms with E-state index in [0.29, 0.717) is 9.75 Å². The number of nitro groups is 1. The highest BCUT2D eigenvalue weighted by atomic mass is 32.2. The second kappa shape index (κ2) is 7.14. The van der Waals surface area contributed by atoms with E-state index >= 15 is 0 Å². The molecule has 26 heavy (non-hydrogen) atoms. The summed E-state index contributed by atoms with van der Waals surface area (Å²) < 4.78 is 26.6. The molecule has 8 nitrogen and oxygen atoms in total. The lowest BCUT2D eigenvalue weighted by molar-refractivity contribution is -0.385. The molecule has 0 radical (unpaired) electrons. The first-order chi connectivity index (χ1) is 12.3. The molecule has 0 unspecified atom stereocenters. The lowest BCUT2D eigenvalue weighted by Crippen LogP contribution is -2.50. The molecule has 10 heteroatoms. The first-order valence-corrected chi connectivity index (χ1v) is 10.2. The number of benzene rings is 1. The van der Waals surface area contributed by atoms with E-state index in [1.807, 2.05) is 0 Å². The van der Waals surface area contributed by atoms with Crippen LogP contribution in [0.4, 0.5) is 5.69 Å². The average Bonchev–Trinajstić information content (AvgIpc) is 3.04. The van der Waals surface area contributed by atoms with Crippen molar-refractivity contribution in [1.82, 2.24) is 9.21 Å². The van der Waals surface area contributed by atoms with Gasteiger partial charge in [0.15, 0.2) is 0 Å². The van der Waals surface area contributed by atoms with E-state index < -0.39 is 14.9 Å². The van der Waals surface area contributed by atoms with Crippen LogP contribution in [0.5, 0.6) is 0 Å². The Morgan fingerprint density at radius 2 is 1.77 bits per heavy atom. The van der Waals surface area contributed by atoms with Crippen LogP contribution in [-0.4, -0.2) is 54.6 Å². The van der Waals surface area contributed by atoms with Gasteiger partial charge in [0.25, 0.3) is 11.6 Å². The maximum Gasteiger partial charge on any atom is 0.283 e. The Kier molecular flexibility index (Phi) is 5.08. The molecule has 1 saturated heterocycles. The molecule has 1 fully saturated rings. The van der Waals surface area contributed by atoms with Gasteiger partial charge in [-0.2, -0.15) is 4.31 Å². The molecule has 0 spiro atoms. The summed E-state index contributed by atoms with van der Waals surface area (Å²) in [7, 11) is -3.58. The van der Waals surface area contributed by atoms with Gasteiger partial charge >= 0.3 is 0 Å². The maximum absolute atomic E-state index is 12.6. The van der Waals surface area contributed by atoms with Crippen LogP contribution < -0.4 is 0 Å². The molecular formula is C16H17N3O5S2. The third-order valence-electron chi connectivity index (χ3n) is 4.21. The van der Waals surface area contributed by atoms with Crippen molar-refractivity contribution in [2.24, 2.45) is 0 Å². The molecule has 0 aliphatic carbocycles. The van der Waals surface area contributed by atoms with Crippen molar-refractivity contribution in [3.63, 3.8) is 0 Å². The number of amides is 1. The molecule has 1 aliphatic heterocycles. The van der Waals surface area contributed by atoms with Crippen LogP contribution in [0.1, 0.15) is 14.5 Å². The minimum Gasteiger partial charge on any atom is -0.335 e. The Morgan fingerprint density at radius 1 is 1.15 bits per heavy atom. The summed E-state index contributed by atoms with van der Waals surface area (Å²) in [6.07, 6.45) is 0. The second-order valence-electron chi connectivity index (χ2n) is 5.82. The smallest absolute Gasteiger partial charge is 0.283 e. The molecule has 3 rings (SSSR count). The molecule has 1 aromatic carbocycles. The van der Waals surface area contributed by atoms with Gasteiger partial charge in [-0.3, -0.25) is 14.9 Å². The summed E-state index contributed by atoms with van der Waals surface area (Å²) in [4.78, 5) is 25.5. The van der Waals surface area contributed by atoms with Crippen molar-refractivity contribution in [1.29, 1.82) is 0 Å². The van der Waals surface area contributed by atoms with E-state index in [4.69, 9.17) is 0 Å². The highest BCUT2D eigenvalue weighted by Gasteiger charge is 2.31. The Morgan fingerprint density at radius 3 is 2.31 bits per heavy atom. The Balaban J connectivity index is 1.70. The van der Waals surface area contributed by atoms with Crippen LogP contribution in [0.25, 0.3) is 0 Å². The monoisotopic (exact) mass is 395 g/mol. The minimum absolute atomic E-state index is 0.0661. The number of rotatable bonds is 4. The van der Waals surface area contributed by atoms with Gasteiger partial charge in [0.1, 0.15) is 0 Å². The van der Waals surface area contributed by atoms with E-state index in [1.165, 1.54) is 15.3 Å². The maximum atomic E-state index is 12.6. The van der Waals surface area contributed by atoms with Crippen molar-refractivity contribution >= 4 is 33.0 Å². The van der Waals surface area contributed by atoms with Gasteiger partial charge in [-0.1, -0.05) is 18.2 Å². The van der Waals surface area contributed by atoms with Crippen LogP contribution in [0.2, 0.25) is 0 Å². The first kappa shape index (κ1) is 18.5. The zero-order valence-corrected chi connectivity index (χ0v) is 15.6. The molecule has 0 atom stereocenters.